The van der Waals surface area contributed by atoms with Gasteiger partial charge < -0.3 is 10.0 Å². The first-order chi connectivity index (χ1) is 5.61. The molecule has 0 aromatic carbocycles. The van der Waals surface area contributed by atoms with Gasteiger partial charge in [0.2, 0.25) is 0 Å². The molecule has 0 heterocycles. The summed E-state index contributed by atoms with van der Waals surface area (Å²) < 4.78 is 0. The molecule has 0 saturated carbocycles. The van der Waals surface area contributed by atoms with Crippen molar-refractivity contribution < 1.29 is 9.90 Å². The Morgan fingerprint density at radius 1 is 1.50 bits per heavy atom. The van der Waals surface area contributed by atoms with Gasteiger partial charge in [-0.1, -0.05) is 19.9 Å². The van der Waals surface area contributed by atoms with Gasteiger partial charge in [-0.15, -0.1) is 0 Å². The van der Waals surface area contributed by atoms with Crippen LogP contribution in [0.25, 0.3) is 0 Å². The Morgan fingerprint density at radius 2 is 2.08 bits per heavy atom. The highest BCUT2D eigenvalue weighted by molar-refractivity contribution is 5.86. The van der Waals surface area contributed by atoms with Gasteiger partial charge in [-0.05, 0) is 20.0 Å². The zero-order chi connectivity index (χ0) is 9.56. The van der Waals surface area contributed by atoms with Crippen molar-refractivity contribution in [1.29, 1.82) is 0 Å². The first-order valence-electron chi connectivity index (χ1n) is 4.22. The van der Waals surface area contributed by atoms with E-state index in [1.807, 2.05) is 20.9 Å². The number of rotatable bonds is 5. The Balaban J connectivity index is 4.03. The molecule has 0 aromatic rings. The molecule has 70 valence electrons. The summed E-state index contributed by atoms with van der Waals surface area (Å²) in [5, 5.41) is 8.67. The van der Waals surface area contributed by atoms with Crippen LogP contribution in [0.15, 0.2) is 11.6 Å². The largest absolute Gasteiger partial charge is 0.478 e. The molecule has 0 aliphatic carbocycles. The van der Waals surface area contributed by atoms with E-state index >= 15 is 0 Å². The molecule has 0 fully saturated rings. The van der Waals surface area contributed by atoms with Crippen LogP contribution >= 0.6 is 0 Å². The molecule has 0 radical (unpaired) electrons. The highest BCUT2D eigenvalue weighted by Gasteiger charge is 2.03. The number of carboxylic acid groups (broad SMARTS) is 1. The van der Waals surface area contributed by atoms with Gasteiger partial charge in [0.15, 0.2) is 0 Å². The zero-order valence-electron chi connectivity index (χ0n) is 8.00. The van der Waals surface area contributed by atoms with Crippen molar-refractivity contribution in [2.45, 2.75) is 20.3 Å². The fourth-order valence-corrected chi connectivity index (χ4v) is 0.778. The third-order valence-corrected chi connectivity index (χ3v) is 1.84. The number of likely N-dealkylation sites (N-methyl/N-ethyl adjacent to an activating group) is 1. The van der Waals surface area contributed by atoms with Crippen LogP contribution in [-0.4, -0.2) is 36.1 Å². The van der Waals surface area contributed by atoms with Crippen LogP contribution < -0.4 is 0 Å². The Bertz CT molecular complexity index is 175. The highest BCUT2D eigenvalue weighted by atomic mass is 16.4. The molecule has 3 nitrogen and oxygen atoms in total. The van der Waals surface area contributed by atoms with Gasteiger partial charge in [0.25, 0.3) is 0 Å². The lowest BCUT2D eigenvalue weighted by Gasteiger charge is -2.10. The van der Waals surface area contributed by atoms with Crippen LogP contribution in [0, 0.1) is 0 Å². The molecule has 0 aliphatic rings. The second-order valence-electron chi connectivity index (χ2n) is 2.74. The Morgan fingerprint density at radius 3 is 2.42 bits per heavy atom. The second-order valence-corrected chi connectivity index (χ2v) is 2.74. The van der Waals surface area contributed by atoms with E-state index in [1.54, 1.807) is 6.08 Å². The summed E-state index contributed by atoms with van der Waals surface area (Å²) in [5.74, 6) is -0.804. The van der Waals surface area contributed by atoms with Crippen molar-refractivity contribution in [1.82, 2.24) is 4.90 Å². The molecule has 12 heavy (non-hydrogen) atoms. The summed E-state index contributed by atoms with van der Waals surface area (Å²) in [7, 11) is 1.96. The van der Waals surface area contributed by atoms with Gasteiger partial charge in [-0.25, -0.2) is 4.79 Å². The van der Waals surface area contributed by atoms with Crippen molar-refractivity contribution >= 4 is 5.97 Å². The standard InChI is InChI=1S/C9H17NO2/c1-4-8(9(11)12)6-7-10(3)5-2/h6H,4-5,7H2,1-3H3,(H,11,12). The average Bonchev–Trinajstić information content (AvgIpc) is 2.04. The van der Waals surface area contributed by atoms with Gasteiger partial charge >= 0.3 is 5.97 Å². The van der Waals surface area contributed by atoms with Crippen LogP contribution in [0.5, 0.6) is 0 Å². The quantitative estimate of drug-likeness (QED) is 0.635. The van der Waals surface area contributed by atoms with E-state index in [0.717, 1.165) is 6.54 Å². The van der Waals surface area contributed by atoms with E-state index in [-0.39, 0.29) is 0 Å². The number of aliphatic carboxylic acids is 1. The maximum Gasteiger partial charge on any atom is 0.331 e. The molecule has 0 aliphatic heterocycles. The SMILES string of the molecule is CCC(=CCN(C)CC)C(=O)O. The van der Waals surface area contributed by atoms with Gasteiger partial charge in [0, 0.05) is 12.1 Å². The van der Waals surface area contributed by atoms with Gasteiger partial charge in [-0.2, -0.15) is 0 Å². The third-order valence-electron chi connectivity index (χ3n) is 1.84. The molecule has 0 rings (SSSR count). The van der Waals surface area contributed by atoms with Crippen LogP contribution in [0.3, 0.4) is 0 Å². The topological polar surface area (TPSA) is 40.5 Å². The molecular formula is C9H17NO2. The summed E-state index contributed by atoms with van der Waals surface area (Å²) in [6.45, 7) is 5.55. The average molecular weight is 171 g/mol. The Hall–Kier alpha value is -0.830. The van der Waals surface area contributed by atoms with Crippen molar-refractivity contribution in [3.63, 3.8) is 0 Å². The number of carboxylic acids is 1. The minimum atomic E-state index is -0.804. The highest BCUT2D eigenvalue weighted by Crippen LogP contribution is 2.00. The molecular weight excluding hydrogens is 154 g/mol. The lowest BCUT2D eigenvalue weighted by atomic mass is 10.2. The summed E-state index contributed by atoms with van der Waals surface area (Å²) in [6.07, 6.45) is 2.36. The number of hydrogen-bond acceptors (Lipinski definition) is 2. The first-order valence-corrected chi connectivity index (χ1v) is 4.22. The zero-order valence-corrected chi connectivity index (χ0v) is 8.00. The van der Waals surface area contributed by atoms with E-state index < -0.39 is 5.97 Å². The summed E-state index contributed by atoms with van der Waals surface area (Å²) in [6, 6.07) is 0. The van der Waals surface area contributed by atoms with Gasteiger partial charge in [-0.3, -0.25) is 0 Å². The summed E-state index contributed by atoms with van der Waals surface area (Å²) in [5.41, 5.74) is 0.496. The first kappa shape index (κ1) is 11.2. The van der Waals surface area contributed by atoms with Gasteiger partial charge in [0.1, 0.15) is 0 Å². The third kappa shape index (κ3) is 4.13. The summed E-state index contributed by atoms with van der Waals surface area (Å²) >= 11 is 0. The fraction of sp³-hybridized carbons (Fsp3) is 0.667. The molecule has 0 atom stereocenters. The maximum absolute atomic E-state index is 10.5. The molecule has 0 unspecified atom stereocenters. The predicted molar refractivity (Wildman–Crippen MR) is 49.2 cm³/mol. The lowest BCUT2D eigenvalue weighted by Crippen LogP contribution is -2.18. The van der Waals surface area contributed by atoms with Crippen molar-refractivity contribution in [2.24, 2.45) is 0 Å². The fourth-order valence-electron chi connectivity index (χ4n) is 0.778. The molecule has 0 amide bonds. The van der Waals surface area contributed by atoms with E-state index in [2.05, 4.69) is 4.90 Å². The Kier molecular flexibility index (Phi) is 5.37. The number of carbonyl (C=O) groups is 1. The van der Waals surface area contributed by atoms with Crippen LogP contribution in [0.2, 0.25) is 0 Å². The second kappa shape index (κ2) is 5.77. The van der Waals surface area contributed by atoms with Crippen molar-refractivity contribution in [3.8, 4) is 0 Å². The van der Waals surface area contributed by atoms with E-state index in [9.17, 15) is 4.79 Å². The van der Waals surface area contributed by atoms with Crippen molar-refractivity contribution in [3.05, 3.63) is 11.6 Å². The molecule has 0 spiro atoms. The number of hydrogen-bond donors (Lipinski definition) is 1. The van der Waals surface area contributed by atoms with E-state index in [1.165, 1.54) is 0 Å². The Labute approximate surface area is 73.7 Å². The minimum absolute atomic E-state index is 0.496. The normalized spacial score (nSPS) is 12.2. The molecule has 0 saturated heterocycles. The lowest BCUT2D eigenvalue weighted by molar-refractivity contribution is -0.132. The minimum Gasteiger partial charge on any atom is -0.478 e. The van der Waals surface area contributed by atoms with Crippen molar-refractivity contribution in [2.75, 3.05) is 20.1 Å². The molecule has 0 aromatic heterocycles. The maximum atomic E-state index is 10.5. The smallest absolute Gasteiger partial charge is 0.331 e. The number of nitrogens with zero attached hydrogens (tertiary/aromatic N) is 1. The monoisotopic (exact) mass is 171 g/mol. The van der Waals surface area contributed by atoms with E-state index in [4.69, 9.17) is 5.11 Å². The summed E-state index contributed by atoms with van der Waals surface area (Å²) in [4.78, 5) is 12.6. The molecule has 1 N–H and O–H groups in total. The molecule has 0 bridgehead atoms. The van der Waals surface area contributed by atoms with Crippen LogP contribution in [0.1, 0.15) is 20.3 Å². The van der Waals surface area contributed by atoms with E-state index in [0.29, 0.717) is 18.5 Å². The van der Waals surface area contributed by atoms with Crippen LogP contribution in [0.4, 0.5) is 0 Å². The van der Waals surface area contributed by atoms with Crippen LogP contribution in [-0.2, 0) is 4.79 Å². The molecule has 3 heteroatoms. The van der Waals surface area contributed by atoms with Gasteiger partial charge in [0.05, 0.1) is 0 Å². The predicted octanol–water partition coefficient (Wildman–Crippen LogP) is 1.36.